The number of carbonyl (C=O) groups excluding carboxylic acids is 1. The maximum Gasteiger partial charge on any atom is 0.179 e. The smallest absolute Gasteiger partial charge is 0.179 e. The van der Waals surface area contributed by atoms with E-state index in [1.807, 2.05) is 38.1 Å². The van der Waals surface area contributed by atoms with E-state index in [-0.39, 0.29) is 5.78 Å². The summed E-state index contributed by atoms with van der Waals surface area (Å²) in [5.41, 5.74) is 4.82. The number of rotatable bonds is 3. The Labute approximate surface area is 99.0 Å². The Morgan fingerprint density at radius 1 is 1.31 bits per heavy atom. The van der Waals surface area contributed by atoms with Crippen molar-refractivity contribution in [1.29, 1.82) is 0 Å². The van der Waals surface area contributed by atoms with Crippen LogP contribution in [-0.4, -0.2) is 10.8 Å². The molecule has 0 amide bonds. The number of aromatic nitrogens is 1. The molecule has 0 aliphatic rings. The summed E-state index contributed by atoms with van der Waals surface area (Å²) in [4.78, 5) is 16.9. The minimum absolute atomic E-state index is 0.161. The zero-order valence-electron chi connectivity index (χ0n) is 9.36. The number of hydrogen-bond acceptors (Lipinski definition) is 3. The first-order valence-corrected chi connectivity index (χ1v) is 6.04. The van der Waals surface area contributed by atoms with Gasteiger partial charge in [-0.15, -0.1) is 11.3 Å². The summed E-state index contributed by atoms with van der Waals surface area (Å²) in [5.74, 6) is 0.161. The summed E-state index contributed by atoms with van der Waals surface area (Å²) in [6, 6.07) is 7.99. The van der Waals surface area contributed by atoms with E-state index in [4.69, 9.17) is 0 Å². The molecule has 2 rings (SSSR count). The lowest BCUT2D eigenvalue weighted by atomic mass is 10.0. The SMILES string of the molecule is Cc1ccccc1CC(=O)c1scnc1C. The molecule has 0 radical (unpaired) electrons. The molecular weight excluding hydrogens is 218 g/mol. The molecule has 1 aromatic carbocycles. The van der Waals surface area contributed by atoms with Gasteiger partial charge < -0.3 is 0 Å². The third-order valence-corrected chi connectivity index (χ3v) is 3.58. The van der Waals surface area contributed by atoms with E-state index in [1.54, 1.807) is 5.51 Å². The zero-order chi connectivity index (χ0) is 11.5. The average Bonchev–Trinajstić information content (AvgIpc) is 2.68. The highest BCUT2D eigenvalue weighted by atomic mass is 32.1. The first-order chi connectivity index (χ1) is 7.68. The Bertz CT molecular complexity index is 516. The number of Topliss-reactive ketones (excluding diaryl/α,β-unsaturated/α-hetero) is 1. The van der Waals surface area contributed by atoms with Crippen molar-refractivity contribution < 1.29 is 4.79 Å². The third-order valence-electron chi connectivity index (χ3n) is 2.61. The fraction of sp³-hybridized carbons (Fsp3) is 0.231. The van der Waals surface area contributed by atoms with Crippen LogP contribution in [0.5, 0.6) is 0 Å². The normalized spacial score (nSPS) is 10.4. The topological polar surface area (TPSA) is 30.0 Å². The van der Waals surface area contributed by atoms with Crippen molar-refractivity contribution in [3.05, 3.63) is 51.5 Å². The molecule has 0 atom stereocenters. The van der Waals surface area contributed by atoms with Crippen molar-refractivity contribution in [2.24, 2.45) is 0 Å². The Morgan fingerprint density at radius 3 is 2.69 bits per heavy atom. The molecule has 0 saturated heterocycles. The maximum absolute atomic E-state index is 12.0. The van der Waals surface area contributed by atoms with Crippen molar-refractivity contribution >= 4 is 17.1 Å². The number of ketones is 1. The standard InChI is InChI=1S/C13H13NOS/c1-9-5-3-4-6-11(9)7-12(15)13-10(2)14-8-16-13/h3-6,8H,7H2,1-2H3. The van der Waals surface area contributed by atoms with Gasteiger partial charge in [0.25, 0.3) is 0 Å². The zero-order valence-corrected chi connectivity index (χ0v) is 10.2. The van der Waals surface area contributed by atoms with E-state index in [9.17, 15) is 4.79 Å². The van der Waals surface area contributed by atoms with E-state index in [0.717, 1.165) is 21.7 Å². The molecule has 0 fully saturated rings. The fourth-order valence-corrected chi connectivity index (χ4v) is 2.37. The summed E-state index contributed by atoms with van der Waals surface area (Å²) >= 11 is 1.42. The Hall–Kier alpha value is -1.48. The van der Waals surface area contributed by atoms with E-state index in [1.165, 1.54) is 11.3 Å². The molecule has 0 bridgehead atoms. The van der Waals surface area contributed by atoms with Gasteiger partial charge in [-0.3, -0.25) is 4.79 Å². The van der Waals surface area contributed by atoms with Crippen LogP contribution in [0.3, 0.4) is 0 Å². The van der Waals surface area contributed by atoms with Gasteiger partial charge in [0.05, 0.1) is 16.1 Å². The first-order valence-electron chi connectivity index (χ1n) is 5.16. The second-order valence-electron chi connectivity index (χ2n) is 3.79. The van der Waals surface area contributed by atoms with Gasteiger partial charge >= 0.3 is 0 Å². The Morgan fingerprint density at radius 2 is 2.06 bits per heavy atom. The molecule has 0 unspecified atom stereocenters. The first kappa shape index (κ1) is 11.0. The predicted molar refractivity (Wildman–Crippen MR) is 66.1 cm³/mol. The summed E-state index contributed by atoms with van der Waals surface area (Å²) < 4.78 is 0. The van der Waals surface area contributed by atoms with Gasteiger partial charge in [0.2, 0.25) is 0 Å². The van der Waals surface area contributed by atoms with Gasteiger partial charge in [0.15, 0.2) is 5.78 Å². The minimum atomic E-state index is 0.161. The fourth-order valence-electron chi connectivity index (χ4n) is 1.63. The van der Waals surface area contributed by atoms with Crippen LogP contribution < -0.4 is 0 Å². The highest BCUT2D eigenvalue weighted by molar-refractivity contribution is 7.11. The van der Waals surface area contributed by atoms with Crippen molar-refractivity contribution in [2.75, 3.05) is 0 Å². The van der Waals surface area contributed by atoms with Crippen LogP contribution in [-0.2, 0) is 6.42 Å². The summed E-state index contributed by atoms with van der Waals surface area (Å²) in [6.45, 7) is 3.91. The number of aryl methyl sites for hydroxylation is 2. The third kappa shape index (κ3) is 2.19. The van der Waals surface area contributed by atoms with Gasteiger partial charge in [0.1, 0.15) is 0 Å². The molecule has 3 heteroatoms. The number of carbonyl (C=O) groups is 1. The molecule has 16 heavy (non-hydrogen) atoms. The predicted octanol–water partition coefficient (Wildman–Crippen LogP) is 3.19. The molecule has 2 aromatic rings. The lowest BCUT2D eigenvalue weighted by Crippen LogP contribution is -2.04. The van der Waals surface area contributed by atoms with Gasteiger partial charge in [-0.2, -0.15) is 0 Å². The van der Waals surface area contributed by atoms with E-state index in [0.29, 0.717) is 6.42 Å². The molecule has 1 aromatic heterocycles. The van der Waals surface area contributed by atoms with Crippen LogP contribution >= 0.6 is 11.3 Å². The van der Waals surface area contributed by atoms with Crippen molar-refractivity contribution in [3.63, 3.8) is 0 Å². The number of thiazole rings is 1. The van der Waals surface area contributed by atoms with Crippen LogP contribution in [0.1, 0.15) is 26.5 Å². The monoisotopic (exact) mass is 231 g/mol. The van der Waals surface area contributed by atoms with Crippen LogP contribution in [0, 0.1) is 13.8 Å². The molecule has 0 saturated carbocycles. The summed E-state index contributed by atoms with van der Waals surface area (Å²) in [7, 11) is 0. The van der Waals surface area contributed by atoms with Crippen LogP contribution in [0.2, 0.25) is 0 Å². The molecule has 0 aliphatic carbocycles. The average molecular weight is 231 g/mol. The van der Waals surface area contributed by atoms with Crippen LogP contribution in [0.4, 0.5) is 0 Å². The Kier molecular flexibility index (Phi) is 3.15. The largest absolute Gasteiger partial charge is 0.293 e. The lowest BCUT2D eigenvalue weighted by Gasteiger charge is -2.03. The van der Waals surface area contributed by atoms with Crippen molar-refractivity contribution in [2.45, 2.75) is 20.3 Å². The number of nitrogens with zero attached hydrogens (tertiary/aromatic N) is 1. The maximum atomic E-state index is 12.0. The molecule has 0 N–H and O–H groups in total. The van der Waals surface area contributed by atoms with E-state index < -0.39 is 0 Å². The van der Waals surface area contributed by atoms with Crippen molar-refractivity contribution in [1.82, 2.24) is 4.98 Å². The molecule has 1 heterocycles. The van der Waals surface area contributed by atoms with Gasteiger partial charge in [-0.1, -0.05) is 24.3 Å². The van der Waals surface area contributed by atoms with E-state index >= 15 is 0 Å². The molecular formula is C13H13NOS. The molecule has 2 nitrogen and oxygen atoms in total. The molecule has 0 spiro atoms. The highest BCUT2D eigenvalue weighted by Crippen LogP contribution is 2.17. The lowest BCUT2D eigenvalue weighted by molar-refractivity contribution is 0.0996. The number of hydrogen-bond donors (Lipinski definition) is 0. The van der Waals surface area contributed by atoms with E-state index in [2.05, 4.69) is 4.98 Å². The van der Waals surface area contributed by atoms with Gasteiger partial charge in [0, 0.05) is 6.42 Å². The summed E-state index contributed by atoms with van der Waals surface area (Å²) in [6.07, 6.45) is 0.468. The van der Waals surface area contributed by atoms with Gasteiger partial charge in [-0.25, -0.2) is 4.98 Å². The number of benzene rings is 1. The molecule has 82 valence electrons. The second kappa shape index (κ2) is 4.58. The quantitative estimate of drug-likeness (QED) is 0.759. The van der Waals surface area contributed by atoms with Crippen molar-refractivity contribution in [3.8, 4) is 0 Å². The summed E-state index contributed by atoms with van der Waals surface area (Å²) in [5, 5.41) is 0. The Balaban J connectivity index is 2.21. The van der Waals surface area contributed by atoms with Gasteiger partial charge in [-0.05, 0) is 25.0 Å². The van der Waals surface area contributed by atoms with Crippen LogP contribution in [0.25, 0.3) is 0 Å². The minimum Gasteiger partial charge on any atom is -0.293 e. The second-order valence-corrected chi connectivity index (χ2v) is 4.65. The van der Waals surface area contributed by atoms with Crippen LogP contribution in [0.15, 0.2) is 29.8 Å². The molecule has 0 aliphatic heterocycles. The highest BCUT2D eigenvalue weighted by Gasteiger charge is 2.12.